The molecule has 0 unspecified atom stereocenters. The van der Waals surface area contributed by atoms with Gasteiger partial charge in [0.1, 0.15) is 10.7 Å². The molecule has 0 aliphatic carbocycles. The average Bonchev–Trinajstić information content (AvgIpc) is 2.98. The zero-order valence-electron chi connectivity index (χ0n) is 10.7. The molecule has 102 valence electrons. The van der Waals surface area contributed by atoms with Crippen molar-refractivity contribution in [2.75, 3.05) is 25.0 Å². The van der Waals surface area contributed by atoms with Gasteiger partial charge < -0.3 is 10.4 Å². The van der Waals surface area contributed by atoms with Gasteiger partial charge in [-0.1, -0.05) is 11.6 Å². The fourth-order valence-corrected chi connectivity index (χ4v) is 2.32. The summed E-state index contributed by atoms with van der Waals surface area (Å²) in [5, 5.41) is 12.4. The summed E-state index contributed by atoms with van der Waals surface area (Å²) in [5.74, 6) is 0. The van der Waals surface area contributed by atoms with E-state index in [0.29, 0.717) is 18.2 Å². The summed E-state index contributed by atoms with van der Waals surface area (Å²) >= 11 is 6.03. The molecule has 3 rings (SSSR count). The van der Waals surface area contributed by atoms with Crippen molar-refractivity contribution in [1.82, 2.24) is 9.97 Å². The first-order valence-corrected chi connectivity index (χ1v) is 6.66. The van der Waals surface area contributed by atoms with Gasteiger partial charge in [0.25, 0.3) is 0 Å². The largest absolute Gasteiger partial charge is 0.395 e. The van der Waals surface area contributed by atoms with Crippen molar-refractivity contribution in [3.63, 3.8) is 0 Å². The Morgan fingerprint density at radius 1 is 1.35 bits per heavy atom. The summed E-state index contributed by atoms with van der Waals surface area (Å²) in [6.45, 7) is 1.16. The molecule has 0 atom stereocenters. The average molecular weight is 289 g/mol. The molecule has 0 saturated heterocycles. The van der Waals surface area contributed by atoms with E-state index in [1.807, 2.05) is 18.3 Å². The molecule has 3 heterocycles. The van der Waals surface area contributed by atoms with Gasteiger partial charge in [0, 0.05) is 30.6 Å². The minimum atomic E-state index is 0.0454. The van der Waals surface area contributed by atoms with Gasteiger partial charge in [0.15, 0.2) is 0 Å². The maximum absolute atomic E-state index is 8.90. The number of anilines is 1. The molecule has 0 amide bonds. The Morgan fingerprint density at radius 3 is 3.00 bits per heavy atom. The maximum Gasteiger partial charge on any atom is 0.131 e. The van der Waals surface area contributed by atoms with Crippen molar-refractivity contribution in [2.45, 2.75) is 0 Å². The topological polar surface area (TPSA) is 70.4 Å². The smallest absolute Gasteiger partial charge is 0.131 e. The molecule has 1 aliphatic heterocycles. The van der Waals surface area contributed by atoms with E-state index in [1.165, 1.54) is 0 Å². The highest BCUT2D eigenvalue weighted by Gasteiger charge is 2.10. The first-order chi connectivity index (χ1) is 9.78. The second-order valence-corrected chi connectivity index (χ2v) is 4.80. The number of aliphatic hydroxyl groups is 1. The van der Waals surface area contributed by atoms with Gasteiger partial charge in [-0.2, -0.15) is 0 Å². The summed E-state index contributed by atoms with van der Waals surface area (Å²) in [4.78, 5) is 12.9. The Morgan fingerprint density at radius 2 is 2.25 bits per heavy atom. The van der Waals surface area contributed by atoms with Crippen molar-refractivity contribution >= 4 is 40.1 Å². The first-order valence-electron chi connectivity index (χ1n) is 6.28. The number of aliphatic imine (C=N–C) groups is 1. The highest BCUT2D eigenvalue weighted by atomic mass is 35.5. The Kier molecular flexibility index (Phi) is 3.62. The van der Waals surface area contributed by atoms with Crippen LogP contribution in [0.2, 0.25) is 5.15 Å². The van der Waals surface area contributed by atoms with Crippen LogP contribution in [0.25, 0.3) is 16.6 Å². The summed E-state index contributed by atoms with van der Waals surface area (Å²) in [6, 6.07) is 3.67. The van der Waals surface area contributed by atoms with Crippen LogP contribution < -0.4 is 5.32 Å². The molecule has 2 aromatic rings. The molecule has 0 bridgehead atoms. The monoisotopic (exact) mass is 288 g/mol. The van der Waals surface area contributed by atoms with E-state index in [-0.39, 0.29) is 6.61 Å². The van der Waals surface area contributed by atoms with Crippen LogP contribution in [0.3, 0.4) is 0 Å². The van der Waals surface area contributed by atoms with E-state index < -0.39 is 0 Å². The highest BCUT2D eigenvalue weighted by Crippen LogP contribution is 2.26. The highest BCUT2D eigenvalue weighted by molar-refractivity contribution is 6.30. The van der Waals surface area contributed by atoms with E-state index in [1.54, 1.807) is 12.3 Å². The van der Waals surface area contributed by atoms with Crippen LogP contribution in [-0.2, 0) is 0 Å². The van der Waals surface area contributed by atoms with Crippen molar-refractivity contribution in [3.05, 3.63) is 35.1 Å². The van der Waals surface area contributed by atoms with Crippen LogP contribution in [-0.4, -0.2) is 41.0 Å². The Balaban J connectivity index is 2.05. The predicted molar refractivity (Wildman–Crippen MR) is 81.5 cm³/mol. The summed E-state index contributed by atoms with van der Waals surface area (Å²) in [5.41, 5.74) is 4.36. The molecule has 0 fully saturated rings. The number of aliphatic hydroxyl groups excluding tert-OH is 1. The van der Waals surface area contributed by atoms with Crippen molar-refractivity contribution in [2.24, 2.45) is 4.99 Å². The number of allylic oxidation sites excluding steroid dienone is 1. The molecule has 0 radical (unpaired) electrons. The maximum atomic E-state index is 8.90. The minimum Gasteiger partial charge on any atom is -0.395 e. The molecular weight excluding hydrogens is 276 g/mol. The molecule has 2 aromatic heterocycles. The molecule has 6 heteroatoms. The fraction of sp³-hybridized carbons (Fsp3) is 0.214. The quantitative estimate of drug-likeness (QED) is 0.846. The lowest BCUT2D eigenvalue weighted by atomic mass is 10.1. The molecule has 0 saturated carbocycles. The van der Waals surface area contributed by atoms with Gasteiger partial charge in [-0.25, -0.2) is 4.98 Å². The summed E-state index contributed by atoms with van der Waals surface area (Å²) in [6.07, 6.45) is 5.57. The van der Waals surface area contributed by atoms with Gasteiger partial charge in [-0.05, 0) is 17.7 Å². The lowest BCUT2D eigenvalue weighted by Crippen LogP contribution is -2.06. The lowest BCUT2D eigenvalue weighted by Gasteiger charge is -2.09. The molecule has 0 spiro atoms. The Hall–Kier alpha value is -1.98. The fourth-order valence-electron chi connectivity index (χ4n) is 2.12. The van der Waals surface area contributed by atoms with Crippen molar-refractivity contribution in [1.29, 1.82) is 0 Å². The van der Waals surface area contributed by atoms with Crippen LogP contribution in [0.4, 0.5) is 5.69 Å². The SMILES string of the molecule is OCCNc1cc(Cl)nc2cc(C3=CC=NC3)cnc12. The van der Waals surface area contributed by atoms with E-state index >= 15 is 0 Å². The van der Waals surface area contributed by atoms with E-state index in [9.17, 15) is 0 Å². The number of nitrogens with one attached hydrogen (secondary N) is 1. The van der Waals surface area contributed by atoms with Gasteiger partial charge >= 0.3 is 0 Å². The van der Waals surface area contributed by atoms with Gasteiger partial charge in [0.05, 0.1) is 24.4 Å². The molecule has 20 heavy (non-hydrogen) atoms. The summed E-state index contributed by atoms with van der Waals surface area (Å²) < 4.78 is 0. The lowest BCUT2D eigenvalue weighted by molar-refractivity contribution is 0.311. The van der Waals surface area contributed by atoms with Crippen LogP contribution >= 0.6 is 11.6 Å². The molecule has 2 N–H and O–H groups in total. The van der Waals surface area contributed by atoms with Crippen LogP contribution in [0, 0.1) is 0 Å². The number of hydrogen-bond acceptors (Lipinski definition) is 5. The number of pyridine rings is 2. The normalized spacial score (nSPS) is 13.8. The molecular formula is C14H13ClN4O. The number of fused-ring (bicyclic) bond motifs is 1. The second-order valence-electron chi connectivity index (χ2n) is 4.42. The van der Waals surface area contributed by atoms with Gasteiger partial charge in [-0.3, -0.25) is 9.98 Å². The molecule has 1 aliphatic rings. The van der Waals surface area contributed by atoms with Gasteiger partial charge in [-0.15, -0.1) is 0 Å². The third-order valence-corrected chi connectivity index (χ3v) is 3.25. The van der Waals surface area contributed by atoms with E-state index in [4.69, 9.17) is 16.7 Å². The number of hydrogen-bond donors (Lipinski definition) is 2. The minimum absolute atomic E-state index is 0.0454. The van der Waals surface area contributed by atoms with E-state index in [0.717, 1.165) is 27.9 Å². The van der Waals surface area contributed by atoms with Crippen LogP contribution in [0.5, 0.6) is 0 Å². The first kappa shape index (κ1) is 13.0. The zero-order valence-corrected chi connectivity index (χ0v) is 11.4. The number of nitrogens with zero attached hydrogens (tertiary/aromatic N) is 3. The number of aromatic nitrogens is 2. The summed E-state index contributed by atoms with van der Waals surface area (Å²) in [7, 11) is 0. The standard InChI is InChI=1S/C14H13ClN4O/c15-13-6-11(17-3-4-20)14-12(19-13)5-10(8-18-14)9-1-2-16-7-9/h1-2,5-6,8,20H,3-4,7H2,(H,17,19). The third-order valence-electron chi connectivity index (χ3n) is 3.05. The zero-order chi connectivity index (χ0) is 13.9. The third kappa shape index (κ3) is 2.50. The Bertz CT molecular complexity index is 712. The van der Waals surface area contributed by atoms with E-state index in [2.05, 4.69) is 20.3 Å². The van der Waals surface area contributed by atoms with Crippen molar-refractivity contribution in [3.8, 4) is 0 Å². The number of rotatable bonds is 4. The number of halogens is 1. The Labute approximate surface area is 121 Å². The van der Waals surface area contributed by atoms with Gasteiger partial charge in [0.2, 0.25) is 0 Å². The molecule has 0 aromatic carbocycles. The second kappa shape index (κ2) is 5.56. The van der Waals surface area contributed by atoms with Crippen LogP contribution in [0.1, 0.15) is 5.56 Å². The van der Waals surface area contributed by atoms with Crippen molar-refractivity contribution < 1.29 is 5.11 Å². The predicted octanol–water partition coefficient (Wildman–Crippen LogP) is 2.16. The molecule has 5 nitrogen and oxygen atoms in total. The van der Waals surface area contributed by atoms with Crippen LogP contribution in [0.15, 0.2) is 29.4 Å².